The number of nitrogens with two attached hydrogens (primary N) is 1. The number of para-hydroxylation sites is 1. The van der Waals surface area contributed by atoms with Gasteiger partial charge in [-0.2, -0.15) is 4.98 Å². The van der Waals surface area contributed by atoms with E-state index in [9.17, 15) is 0 Å². The standard InChI is InChI=1S/C20H27N7O/c1-20(2,3)19-24-17(25-28-19)13-27-10-8-26(9-11-27)12-16-22-15-7-5-4-6-14(15)18(21)23-16/h4-7H,8-13H2,1-3H3,(H2,21,22,23). The highest BCUT2D eigenvalue weighted by Crippen LogP contribution is 2.21. The predicted molar refractivity (Wildman–Crippen MR) is 108 cm³/mol. The highest BCUT2D eigenvalue weighted by molar-refractivity contribution is 5.87. The average Bonchev–Trinajstić information content (AvgIpc) is 3.12. The number of nitrogens with zero attached hydrogens (tertiary/aromatic N) is 6. The molecule has 0 atom stereocenters. The van der Waals surface area contributed by atoms with E-state index in [4.69, 9.17) is 10.3 Å². The van der Waals surface area contributed by atoms with Gasteiger partial charge in [0.15, 0.2) is 5.82 Å². The van der Waals surface area contributed by atoms with Crippen molar-refractivity contribution >= 4 is 16.7 Å². The van der Waals surface area contributed by atoms with E-state index in [2.05, 4.69) is 50.7 Å². The summed E-state index contributed by atoms with van der Waals surface area (Å²) >= 11 is 0. The lowest BCUT2D eigenvalue weighted by Crippen LogP contribution is -2.45. The van der Waals surface area contributed by atoms with Crippen LogP contribution in [0, 0.1) is 0 Å². The van der Waals surface area contributed by atoms with E-state index < -0.39 is 0 Å². The molecule has 0 aliphatic carbocycles. The number of benzene rings is 1. The SMILES string of the molecule is CC(C)(C)c1nc(CN2CCN(Cc3nc(N)c4ccccc4n3)CC2)no1. The van der Waals surface area contributed by atoms with Crippen molar-refractivity contribution in [2.75, 3.05) is 31.9 Å². The van der Waals surface area contributed by atoms with Gasteiger partial charge in [0.2, 0.25) is 5.89 Å². The molecule has 0 radical (unpaired) electrons. The zero-order valence-electron chi connectivity index (χ0n) is 16.7. The molecular formula is C20H27N7O. The molecule has 1 aromatic carbocycles. The zero-order valence-corrected chi connectivity index (χ0v) is 16.7. The number of piperazine rings is 1. The average molecular weight is 381 g/mol. The van der Waals surface area contributed by atoms with E-state index in [0.29, 0.717) is 24.8 Å². The number of rotatable bonds is 4. The van der Waals surface area contributed by atoms with Gasteiger partial charge >= 0.3 is 0 Å². The molecule has 3 aromatic rings. The molecule has 0 unspecified atom stereocenters. The zero-order chi connectivity index (χ0) is 19.7. The van der Waals surface area contributed by atoms with Gasteiger partial charge in [-0.1, -0.05) is 38.1 Å². The Hall–Kier alpha value is -2.58. The fourth-order valence-corrected chi connectivity index (χ4v) is 3.35. The van der Waals surface area contributed by atoms with E-state index >= 15 is 0 Å². The van der Waals surface area contributed by atoms with Crippen molar-refractivity contribution < 1.29 is 4.52 Å². The number of nitrogen functional groups attached to an aromatic ring is 1. The van der Waals surface area contributed by atoms with Crippen LogP contribution in [-0.4, -0.2) is 56.1 Å². The van der Waals surface area contributed by atoms with Crippen LogP contribution in [0.25, 0.3) is 10.9 Å². The molecule has 4 rings (SSSR count). The Morgan fingerprint density at radius 3 is 2.21 bits per heavy atom. The van der Waals surface area contributed by atoms with E-state index in [0.717, 1.165) is 48.7 Å². The second-order valence-electron chi connectivity index (χ2n) is 8.36. The minimum atomic E-state index is -0.119. The van der Waals surface area contributed by atoms with Crippen molar-refractivity contribution in [2.45, 2.75) is 39.3 Å². The lowest BCUT2D eigenvalue weighted by molar-refractivity contribution is 0.117. The van der Waals surface area contributed by atoms with Crippen molar-refractivity contribution in [1.82, 2.24) is 29.9 Å². The topological polar surface area (TPSA) is 97.2 Å². The second-order valence-corrected chi connectivity index (χ2v) is 8.36. The molecule has 148 valence electrons. The number of hydrogen-bond donors (Lipinski definition) is 1. The highest BCUT2D eigenvalue weighted by atomic mass is 16.5. The van der Waals surface area contributed by atoms with Crippen LogP contribution in [0.2, 0.25) is 0 Å². The van der Waals surface area contributed by atoms with Crippen LogP contribution in [0.5, 0.6) is 0 Å². The quantitative estimate of drug-likeness (QED) is 0.735. The highest BCUT2D eigenvalue weighted by Gasteiger charge is 2.24. The molecule has 0 bridgehead atoms. The fourth-order valence-electron chi connectivity index (χ4n) is 3.35. The molecule has 1 aliphatic rings. The fraction of sp³-hybridized carbons (Fsp3) is 0.500. The molecule has 0 amide bonds. The molecule has 2 N–H and O–H groups in total. The first kappa shape index (κ1) is 18.8. The summed E-state index contributed by atoms with van der Waals surface area (Å²) in [6, 6.07) is 7.86. The third-order valence-corrected chi connectivity index (χ3v) is 4.98. The van der Waals surface area contributed by atoms with Gasteiger partial charge in [-0.25, -0.2) is 9.97 Å². The van der Waals surface area contributed by atoms with Crippen molar-refractivity contribution in [2.24, 2.45) is 0 Å². The summed E-state index contributed by atoms with van der Waals surface area (Å²) < 4.78 is 5.39. The summed E-state index contributed by atoms with van der Waals surface area (Å²) in [5.41, 5.74) is 6.88. The van der Waals surface area contributed by atoms with Crippen LogP contribution in [0.4, 0.5) is 5.82 Å². The van der Waals surface area contributed by atoms with Gasteiger partial charge in [0, 0.05) is 37.0 Å². The molecule has 8 nitrogen and oxygen atoms in total. The normalized spacial score (nSPS) is 16.7. The van der Waals surface area contributed by atoms with Crippen molar-refractivity contribution in [3.05, 3.63) is 41.8 Å². The van der Waals surface area contributed by atoms with Gasteiger partial charge in [-0.3, -0.25) is 9.80 Å². The van der Waals surface area contributed by atoms with E-state index in [1.807, 2.05) is 24.3 Å². The van der Waals surface area contributed by atoms with Crippen LogP contribution in [0.15, 0.2) is 28.8 Å². The van der Waals surface area contributed by atoms with Crippen LogP contribution in [0.3, 0.4) is 0 Å². The lowest BCUT2D eigenvalue weighted by Gasteiger charge is -2.33. The number of anilines is 1. The monoisotopic (exact) mass is 381 g/mol. The maximum Gasteiger partial charge on any atom is 0.232 e. The van der Waals surface area contributed by atoms with Gasteiger partial charge in [-0.15, -0.1) is 0 Å². The van der Waals surface area contributed by atoms with Crippen LogP contribution < -0.4 is 5.73 Å². The number of aromatic nitrogens is 4. The van der Waals surface area contributed by atoms with Crippen molar-refractivity contribution in [1.29, 1.82) is 0 Å². The Morgan fingerprint density at radius 2 is 1.57 bits per heavy atom. The summed E-state index contributed by atoms with van der Waals surface area (Å²) in [6.45, 7) is 11.4. The first-order valence-corrected chi connectivity index (χ1v) is 9.67. The summed E-state index contributed by atoms with van der Waals surface area (Å²) in [5.74, 6) is 2.76. The Kier molecular flexibility index (Phi) is 4.99. The van der Waals surface area contributed by atoms with Gasteiger partial charge in [-0.05, 0) is 12.1 Å². The molecule has 1 saturated heterocycles. The molecule has 3 heterocycles. The largest absolute Gasteiger partial charge is 0.383 e. The molecule has 0 saturated carbocycles. The van der Waals surface area contributed by atoms with Gasteiger partial charge < -0.3 is 10.3 Å². The van der Waals surface area contributed by atoms with Gasteiger partial charge in [0.25, 0.3) is 0 Å². The molecular weight excluding hydrogens is 354 g/mol. The summed E-state index contributed by atoms with van der Waals surface area (Å²) in [5, 5.41) is 5.04. The molecule has 2 aromatic heterocycles. The third kappa shape index (κ3) is 4.13. The molecule has 28 heavy (non-hydrogen) atoms. The van der Waals surface area contributed by atoms with Gasteiger partial charge in [0.1, 0.15) is 11.6 Å². The first-order valence-electron chi connectivity index (χ1n) is 9.67. The van der Waals surface area contributed by atoms with Crippen LogP contribution in [-0.2, 0) is 18.5 Å². The van der Waals surface area contributed by atoms with Gasteiger partial charge in [0.05, 0.1) is 18.6 Å². The second kappa shape index (κ2) is 7.44. The number of fused-ring (bicyclic) bond motifs is 1. The van der Waals surface area contributed by atoms with Crippen LogP contribution >= 0.6 is 0 Å². The van der Waals surface area contributed by atoms with E-state index in [1.54, 1.807) is 0 Å². The Bertz CT molecular complexity index is 955. The summed E-state index contributed by atoms with van der Waals surface area (Å²) in [4.78, 5) is 18.4. The molecule has 1 fully saturated rings. The maximum absolute atomic E-state index is 6.10. The van der Waals surface area contributed by atoms with Crippen LogP contribution in [0.1, 0.15) is 38.3 Å². The smallest absolute Gasteiger partial charge is 0.232 e. The van der Waals surface area contributed by atoms with Crippen molar-refractivity contribution in [3.8, 4) is 0 Å². The first-order chi connectivity index (χ1) is 13.4. The third-order valence-electron chi connectivity index (χ3n) is 4.98. The number of hydrogen-bond acceptors (Lipinski definition) is 8. The molecule has 0 spiro atoms. The van der Waals surface area contributed by atoms with Crippen molar-refractivity contribution in [3.63, 3.8) is 0 Å². The predicted octanol–water partition coefficient (Wildman–Crippen LogP) is 2.21. The Morgan fingerprint density at radius 1 is 0.929 bits per heavy atom. The lowest BCUT2D eigenvalue weighted by atomic mass is 9.97. The maximum atomic E-state index is 6.10. The van der Waals surface area contributed by atoms with E-state index in [-0.39, 0.29) is 5.41 Å². The minimum absolute atomic E-state index is 0.119. The minimum Gasteiger partial charge on any atom is -0.383 e. The Balaban J connectivity index is 1.34. The summed E-state index contributed by atoms with van der Waals surface area (Å²) in [6.07, 6.45) is 0. The Labute approximate surface area is 164 Å². The van der Waals surface area contributed by atoms with E-state index in [1.165, 1.54) is 0 Å². The molecule has 8 heteroatoms. The summed E-state index contributed by atoms with van der Waals surface area (Å²) in [7, 11) is 0. The molecule has 1 aliphatic heterocycles.